The second kappa shape index (κ2) is 8.12. The molecular weight excluding hydrogens is 276 g/mol. The van der Waals surface area contributed by atoms with Gasteiger partial charge in [0.2, 0.25) is 5.91 Å². The average Bonchev–Trinajstić information content (AvgIpc) is 2.48. The molecule has 0 unspecified atom stereocenters. The first-order chi connectivity index (χ1) is 9.22. The number of nitrogens with zero attached hydrogens (tertiary/aromatic N) is 1. The van der Waals surface area contributed by atoms with Crippen LogP contribution in [0.3, 0.4) is 0 Å². The second-order valence-electron chi connectivity index (χ2n) is 5.08. The molecule has 0 atom stereocenters. The molecule has 0 saturated carbocycles. The standard InChI is InChI=1S/C15H22N2O2.ClH/c1-19-14-4-2-12(3-5-14)10-13-6-8-17(9-7-13)15(18)11-16;/h2-5,13H,6-11,16H2,1H3;1H. The number of benzene rings is 1. The summed E-state index contributed by atoms with van der Waals surface area (Å²) in [5.41, 5.74) is 6.72. The molecule has 2 rings (SSSR count). The first-order valence-electron chi connectivity index (χ1n) is 6.83. The maximum Gasteiger partial charge on any atom is 0.236 e. The Bertz CT molecular complexity index is 414. The van der Waals surface area contributed by atoms with E-state index in [4.69, 9.17) is 10.5 Å². The first kappa shape index (κ1) is 16.8. The van der Waals surface area contributed by atoms with Gasteiger partial charge in [-0.25, -0.2) is 0 Å². The molecule has 0 aliphatic carbocycles. The van der Waals surface area contributed by atoms with Gasteiger partial charge in [0.15, 0.2) is 0 Å². The van der Waals surface area contributed by atoms with Crippen molar-refractivity contribution >= 4 is 18.3 Å². The quantitative estimate of drug-likeness (QED) is 0.923. The summed E-state index contributed by atoms with van der Waals surface area (Å²) >= 11 is 0. The molecule has 2 N–H and O–H groups in total. The number of likely N-dealkylation sites (tertiary alicyclic amines) is 1. The highest BCUT2D eigenvalue weighted by molar-refractivity contribution is 5.85. The van der Waals surface area contributed by atoms with Crippen LogP contribution >= 0.6 is 12.4 Å². The summed E-state index contributed by atoms with van der Waals surface area (Å²) in [7, 11) is 1.68. The van der Waals surface area contributed by atoms with Crippen molar-refractivity contribution in [2.45, 2.75) is 19.3 Å². The lowest BCUT2D eigenvalue weighted by atomic mass is 9.90. The zero-order chi connectivity index (χ0) is 13.7. The van der Waals surface area contributed by atoms with Crippen LogP contribution in [0, 0.1) is 5.92 Å². The molecule has 0 radical (unpaired) electrons. The Morgan fingerprint density at radius 3 is 2.40 bits per heavy atom. The lowest BCUT2D eigenvalue weighted by Gasteiger charge is -2.31. The number of rotatable bonds is 4. The fourth-order valence-corrected chi connectivity index (χ4v) is 2.61. The number of nitrogens with two attached hydrogens (primary N) is 1. The zero-order valence-corrected chi connectivity index (χ0v) is 12.7. The minimum absolute atomic E-state index is 0. The van der Waals surface area contributed by atoms with Crippen molar-refractivity contribution in [3.05, 3.63) is 29.8 Å². The van der Waals surface area contributed by atoms with Crippen LogP contribution in [-0.2, 0) is 11.2 Å². The Morgan fingerprint density at radius 2 is 1.90 bits per heavy atom. The smallest absolute Gasteiger partial charge is 0.236 e. The van der Waals surface area contributed by atoms with E-state index >= 15 is 0 Å². The topological polar surface area (TPSA) is 55.6 Å². The molecule has 20 heavy (non-hydrogen) atoms. The number of amides is 1. The number of methoxy groups -OCH3 is 1. The van der Waals surface area contributed by atoms with E-state index in [-0.39, 0.29) is 24.9 Å². The molecule has 4 nitrogen and oxygen atoms in total. The van der Waals surface area contributed by atoms with E-state index in [1.165, 1.54) is 5.56 Å². The van der Waals surface area contributed by atoms with Gasteiger partial charge in [0.1, 0.15) is 5.75 Å². The predicted molar refractivity (Wildman–Crippen MR) is 82.3 cm³/mol. The molecule has 1 aliphatic heterocycles. The molecule has 1 heterocycles. The molecular formula is C15H23ClN2O2. The minimum atomic E-state index is 0. The Morgan fingerprint density at radius 1 is 1.30 bits per heavy atom. The number of hydrogen-bond acceptors (Lipinski definition) is 3. The predicted octanol–water partition coefficient (Wildman–Crippen LogP) is 1.86. The normalized spacial score (nSPS) is 15.6. The first-order valence-corrected chi connectivity index (χ1v) is 6.83. The SMILES string of the molecule is COc1ccc(CC2CCN(C(=O)CN)CC2)cc1.Cl. The Hall–Kier alpha value is -1.26. The van der Waals surface area contributed by atoms with Gasteiger partial charge in [-0.3, -0.25) is 4.79 Å². The number of hydrogen-bond donors (Lipinski definition) is 1. The molecule has 1 aliphatic rings. The third kappa shape index (κ3) is 4.39. The van der Waals surface area contributed by atoms with Gasteiger partial charge in [0.05, 0.1) is 13.7 Å². The van der Waals surface area contributed by atoms with Gasteiger partial charge >= 0.3 is 0 Å². The molecule has 5 heteroatoms. The lowest BCUT2D eigenvalue weighted by Crippen LogP contribution is -2.41. The summed E-state index contributed by atoms with van der Waals surface area (Å²) in [4.78, 5) is 13.4. The maximum atomic E-state index is 11.5. The van der Waals surface area contributed by atoms with Crippen molar-refractivity contribution in [1.29, 1.82) is 0 Å². The third-order valence-electron chi connectivity index (χ3n) is 3.83. The molecule has 0 aromatic heterocycles. The molecule has 1 aromatic carbocycles. The molecule has 0 bridgehead atoms. The highest BCUT2D eigenvalue weighted by Crippen LogP contribution is 2.22. The van der Waals surface area contributed by atoms with Crippen molar-refractivity contribution in [3.8, 4) is 5.75 Å². The van der Waals surface area contributed by atoms with Crippen molar-refractivity contribution in [2.24, 2.45) is 11.7 Å². The number of piperidine rings is 1. The van der Waals surface area contributed by atoms with Gasteiger partial charge in [-0.05, 0) is 42.9 Å². The van der Waals surface area contributed by atoms with Crippen LogP contribution in [0.5, 0.6) is 5.75 Å². The Kier molecular flexibility index (Phi) is 6.82. The highest BCUT2D eigenvalue weighted by atomic mass is 35.5. The van der Waals surface area contributed by atoms with Crippen LogP contribution in [0.25, 0.3) is 0 Å². The van der Waals surface area contributed by atoms with Gasteiger partial charge < -0.3 is 15.4 Å². The van der Waals surface area contributed by atoms with Gasteiger partial charge in [0.25, 0.3) is 0 Å². The monoisotopic (exact) mass is 298 g/mol. The summed E-state index contributed by atoms with van der Waals surface area (Å²) in [6.45, 7) is 1.82. The fraction of sp³-hybridized carbons (Fsp3) is 0.533. The van der Waals surface area contributed by atoms with Crippen molar-refractivity contribution in [1.82, 2.24) is 4.90 Å². The highest BCUT2D eigenvalue weighted by Gasteiger charge is 2.21. The van der Waals surface area contributed by atoms with Crippen LogP contribution < -0.4 is 10.5 Å². The van der Waals surface area contributed by atoms with E-state index in [0.717, 1.165) is 38.1 Å². The van der Waals surface area contributed by atoms with Crippen LogP contribution in [0.2, 0.25) is 0 Å². The molecule has 1 fully saturated rings. The number of ether oxygens (including phenoxy) is 1. The Labute approximate surface area is 126 Å². The van der Waals surface area contributed by atoms with E-state index in [9.17, 15) is 4.79 Å². The maximum absolute atomic E-state index is 11.5. The van der Waals surface area contributed by atoms with E-state index in [1.807, 2.05) is 17.0 Å². The number of carbonyl (C=O) groups is 1. The molecule has 1 amide bonds. The largest absolute Gasteiger partial charge is 0.497 e. The van der Waals surface area contributed by atoms with Crippen LogP contribution in [0.4, 0.5) is 0 Å². The zero-order valence-electron chi connectivity index (χ0n) is 11.9. The second-order valence-corrected chi connectivity index (χ2v) is 5.08. The van der Waals surface area contributed by atoms with Gasteiger partial charge in [-0.1, -0.05) is 12.1 Å². The third-order valence-corrected chi connectivity index (χ3v) is 3.83. The molecule has 112 valence electrons. The molecule has 1 saturated heterocycles. The fourth-order valence-electron chi connectivity index (χ4n) is 2.61. The van der Waals surface area contributed by atoms with Crippen LogP contribution in [0.1, 0.15) is 18.4 Å². The summed E-state index contributed by atoms with van der Waals surface area (Å²) in [6, 6.07) is 8.25. The van der Waals surface area contributed by atoms with Crippen LogP contribution in [-0.4, -0.2) is 37.6 Å². The lowest BCUT2D eigenvalue weighted by molar-refractivity contribution is -0.131. The number of halogens is 1. The summed E-state index contributed by atoms with van der Waals surface area (Å²) in [5, 5.41) is 0. The van der Waals surface area contributed by atoms with E-state index in [1.54, 1.807) is 7.11 Å². The van der Waals surface area contributed by atoms with Gasteiger partial charge in [-0.2, -0.15) is 0 Å². The Balaban J connectivity index is 0.00000200. The van der Waals surface area contributed by atoms with Gasteiger partial charge in [-0.15, -0.1) is 12.4 Å². The van der Waals surface area contributed by atoms with E-state index in [0.29, 0.717) is 5.92 Å². The van der Waals surface area contributed by atoms with Crippen molar-refractivity contribution in [2.75, 3.05) is 26.7 Å². The van der Waals surface area contributed by atoms with E-state index < -0.39 is 0 Å². The molecule has 0 spiro atoms. The van der Waals surface area contributed by atoms with Crippen LogP contribution in [0.15, 0.2) is 24.3 Å². The number of carbonyl (C=O) groups excluding carboxylic acids is 1. The summed E-state index contributed by atoms with van der Waals surface area (Å²) in [5.74, 6) is 1.63. The average molecular weight is 299 g/mol. The summed E-state index contributed by atoms with van der Waals surface area (Å²) < 4.78 is 5.16. The van der Waals surface area contributed by atoms with E-state index in [2.05, 4.69) is 12.1 Å². The molecule has 1 aromatic rings. The van der Waals surface area contributed by atoms with Gasteiger partial charge in [0, 0.05) is 13.1 Å². The van der Waals surface area contributed by atoms with Crippen molar-refractivity contribution < 1.29 is 9.53 Å². The van der Waals surface area contributed by atoms with Crippen molar-refractivity contribution in [3.63, 3.8) is 0 Å². The summed E-state index contributed by atoms with van der Waals surface area (Å²) in [6.07, 6.45) is 3.21. The minimum Gasteiger partial charge on any atom is -0.497 e.